The molecule has 0 aliphatic rings. The van der Waals surface area contributed by atoms with Crippen LogP contribution in [0, 0.1) is 25.2 Å². The van der Waals surface area contributed by atoms with Gasteiger partial charge in [-0.05, 0) is 31.5 Å². The molecule has 1 N–H and O–H groups in total. The highest BCUT2D eigenvalue weighted by Gasteiger charge is 2.03. The summed E-state index contributed by atoms with van der Waals surface area (Å²) in [6.07, 6.45) is 0. The molecule has 1 aromatic heterocycles. The van der Waals surface area contributed by atoms with Crippen molar-refractivity contribution >= 4 is 17.0 Å². The molecule has 0 bridgehead atoms. The Hall–Kier alpha value is -1.86. The van der Waals surface area contributed by atoms with Crippen LogP contribution in [0.15, 0.2) is 23.6 Å². The number of hydrogen-bond acceptors (Lipinski definition) is 4. The van der Waals surface area contributed by atoms with Gasteiger partial charge in [0.1, 0.15) is 11.1 Å². The largest absolute Gasteiger partial charge is 0.377 e. The second-order valence-corrected chi connectivity index (χ2v) is 4.84. The van der Waals surface area contributed by atoms with E-state index in [-0.39, 0.29) is 0 Å². The standard InChI is InChI=1S/C13H13N3S/c1-9-3-4-12(11(5-9)6-14)15-7-13-16-10(2)8-17-13/h3-5,8,15H,7H2,1-2H3. The van der Waals surface area contributed by atoms with Gasteiger partial charge in [0.25, 0.3) is 0 Å². The fourth-order valence-corrected chi connectivity index (χ4v) is 2.27. The van der Waals surface area contributed by atoms with Crippen molar-refractivity contribution in [2.45, 2.75) is 20.4 Å². The Labute approximate surface area is 105 Å². The van der Waals surface area contributed by atoms with Gasteiger partial charge in [-0.3, -0.25) is 0 Å². The number of aromatic nitrogens is 1. The predicted octanol–water partition coefficient (Wildman–Crippen LogP) is 3.24. The highest BCUT2D eigenvalue weighted by atomic mass is 32.1. The van der Waals surface area contributed by atoms with E-state index in [1.165, 1.54) is 0 Å². The molecule has 17 heavy (non-hydrogen) atoms. The average molecular weight is 243 g/mol. The SMILES string of the molecule is Cc1ccc(NCc2nc(C)cs2)c(C#N)c1. The van der Waals surface area contributed by atoms with Gasteiger partial charge in [0.2, 0.25) is 0 Å². The number of aryl methyl sites for hydroxylation is 2. The third-order valence-corrected chi connectivity index (χ3v) is 3.36. The lowest BCUT2D eigenvalue weighted by molar-refractivity contribution is 1.07. The van der Waals surface area contributed by atoms with E-state index in [0.29, 0.717) is 12.1 Å². The van der Waals surface area contributed by atoms with E-state index in [2.05, 4.69) is 16.4 Å². The fraction of sp³-hybridized carbons (Fsp3) is 0.231. The summed E-state index contributed by atoms with van der Waals surface area (Å²) in [5.74, 6) is 0. The van der Waals surface area contributed by atoms with Gasteiger partial charge in [-0.1, -0.05) is 6.07 Å². The summed E-state index contributed by atoms with van der Waals surface area (Å²) in [6.45, 7) is 4.62. The lowest BCUT2D eigenvalue weighted by Crippen LogP contribution is -2.01. The molecule has 4 heteroatoms. The molecule has 2 rings (SSSR count). The number of hydrogen-bond donors (Lipinski definition) is 1. The van der Waals surface area contributed by atoms with Crippen LogP contribution in [-0.2, 0) is 6.54 Å². The number of benzene rings is 1. The average Bonchev–Trinajstić information content (AvgIpc) is 2.73. The molecule has 0 radical (unpaired) electrons. The zero-order valence-corrected chi connectivity index (χ0v) is 10.6. The van der Waals surface area contributed by atoms with Crippen LogP contribution in [-0.4, -0.2) is 4.98 Å². The molecule has 0 amide bonds. The lowest BCUT2D eigenvalue weighted by Gasteiger charge is -2.06. The highest BCUT2D eigenvalue weighted by molar-refractivity contribution is 7.09. The second-order valence-electron chi connectivity index (χ2n) is 3.90. The van der Waals surface area contributed by atoms with Crippen molar-refractivity contribution in [1.82, 2.24) is 4.98 Å². The molecule has 0 aliphatic carbocycles. The van der Waals surface area contributed by atoms with E-state index in [9.17, 15) is 0 Å². The summed E-state index contributed by atoms with van der Waals surface area (Å²) in [5.41, 5.74) is 3.68. The van der Waals surface area contributed by atoms with E-state index in [0.717, 1.165) is 22.0 Å². The zero-order chi connectivity index (χ0) is 12.3. The molecule has 0 saturated carbocycles. The summed E-state index contributed by atoms with van der Waals surface area (Å²) in [6, 6.07) is 8.02. The van der Waals surface area contributed by atoms with E-state index in [4.69, 9.17) is 5.26 Å². The van der Waals surface area contributed by atoms with E-state index in [1.54, 1.807) is 11.3 Å². The molecule has 0 saturated heterocycles. The molecular formula is C13H13N3S. The Morgan fingerprint density at radius 2 is 2.24 bits per heavy atom. The van der Waals surface area contributed by atoms with Crippen molar-refractivity contribution in [3.05, 3.63) is 45.4 Å². The van der Waals surface area contributed by atoms with Crippen LogP contribution in [0.1, 0.15) is 21.8 Å². The number of nitrogens with zero attached hydrogens (tertiary/aromatic N) is 2. The number of anilines is 1. The number of thiazole rings is 1. The maximum absolute atomic E-state index is 9.04. The molecule has 86 valence electrons. The first-order valence-corrected chi connectivity index (χ1v) is 6.22. The second kappa shape index (κ2) is 4.98. The van der Waals surface area contributed by atoms with Gasteiger partial charge < -0.3 is 5.32 Å². The van der Waals surface area contributed by atoms with E-state index in [1.807, 2.05) is 37.4 Å². The Balaban J connectivity index is 2.12. The van der Waals surface area contributed by atoms with Gasteiger partial charge in [-0.15, -0.1) is 11.3 Å². The minimum absolute atomic E-state index is 0.663. The van der Waals surface area contributed by atoms with Crippen LogP contribution in [0.25, 0.3) is 0 Å². The van der Waals surface area contributed by atoms with Crippen molar-refractivity contribution in [3.63, 3.8) is 0 Å². The molecule has 1 heterocycles. The smallest absolute Gasteiger partial charge is 0.112 e. The van der Waals surface area contributed by atoms with E-state index >= 15 is 0 Å². The van der Waals surface area contributed by atoms with Gasteiger partial charge in [-0.2, -0.15) is 5.26 Å². The monoisotopic (exact) mass is 243 g/mol. The summed E-state index contributed by atoms with van der Waals surface area (Å²) < 4.78 is 0. The van der Waals surface area contributed by atoms with Gasteiger partial charge in [0.15, 0.2) is 0 Å². The van der Waals surface area contributed by atoms with Gasteiger partial charge in [-0.25, -0.2) is 4.98 Å². The topological polar surface area (TPSA) is 48.7 Å². The third kappa shape index (κ3) is 2.83. The third-order valence-electron chi connectivity index (χ3n) is 2.39. The van der Waals surface area contributed by atoms with Gasteiger partial charge >= 0.3 is 0 Å². The Morgan fingerprint density at radius 1 is 1.41 bits per heavy atom. The van der Waals surface area contributed by atoms with Gasteiger partial charge in [0.05, 0.1) is 17.8 Å². The normalized spacial score (nSPS) is 9.94. The molecule has 2 aromatic rings. The number of nitrogens with one attached hydrogen (secondary N) is 1. The van der Waals surface area contributed by atoms with Crippen molar-refractivity contribution < 1.29 is 0 Å². The van der Waals surface area contributed by atoms with Crippen LogP contribution in [0.4, 0.5) is 5.69 Å². The minimum Gasteiger partial charge on any atom is -0.377 e. The maximum Gasteiger partial charge on any atom is 0.112 e. The van der Waals surface area contributed by atoms with Crippen molar-refractivity contribution in [1.29, 1.82) is 5.26 Å². The first-order chi connectivity index (χ1) is 8.19. The number of rotatable bonds is 3. The van der Waals surface area contributed by atoms with Crippen molar-refractivity contribution in [2.75, 3.05) is 5.32 Å². The summed E-state index contributed by atoms with van der Waals surface area (Å²) in [5, 5.41) is 15.3. The van der Waals surface area contributed by atoms with Crippen molar-refractivity contribution in [2.24, 2.45) is 0 Å². The first kappa shape index (κ1) is 11.6. The van der Waals surface area contributed by atoms with Crippen LogP contribution >= 0.6 is 11.3 Å². The molecule has 0 aliphatic heterocycles. The maximum atomic E-state index is 9.04. The predicted molar refractivity (Wildman–Crippen MR) is 70.1 cm³/mol. The van der Waals surface area contributed by atoms with Crippen LogP contribution in [0.2, 0.25) is 0 Å². The van der Waals surface area contributed by atoms with Gasteiger partial charge in [0, 0.05) is 11.1 Å². The van der Waals surface area contributed by atoms with Crippen LogP contribution in [0.5, 0.6) is 0 Å². The zero-order valence-electron chi connectivity index (χ0n) is 9.82. The molecule has 1 aromatic carbocycles. The first-order valence-electron chi connectivity index (χ1n) is 5.34. The summed E-state index contributed by atoms with van der Waals surface area (Å²) >= 11 is 1.63. The molecule has 0 fully saturated rings. The molecule has 3 nitrogen and oxygen atoms in total. The van der Waals surface area contributed by atoms with E-state index < -0.39 is 0 Å². The lowest BCUT2D eigenvalue weighted by atomic mass is 10.1. The number of nitriles is 1. The quantitative estimate of drug-likeness (QED) is 0.900. The molecule has 0 unspecified atom stereocenters. The summed E-state index contributed by atoms with van der Waals surface area (Å²) in [7, 11) is 0. The fourth-order valence-electron chi connectivity index (χ4n) is 1.56. The molecule has 0 atom stereocenters. The Morgan fingerprint density at radius 3 is 2.88 bits per heavy atom. The van der Waals surface area contributed by atoms with Crippen LogP contribution < -0.4 is 5.32 Å². The molecule has 0 spiro atoms. The van der Waals surface area contributed by atoms with Crippen molar-refractivity contribution in [3.8, 4) is 6.07 Å². The highest BCUT2D eigenvalue weighted by Crippen LogP contribution is 2.18. The molecular weight excluding hydrogens is 230 g/mol. The Kier molecular flexibility index (Phi) is 3.40. The minimum atomic E-state index is 0.663. The Bertz CT molecular complexity index is 566. The van der Waals surface area contributed by atoms with Crippen LogP contribution in [0.3, 0.4) is 0 Å². The summed E-state index contributed by atoms with van der Waals surface area (Å²) in [4.78, 5) is 4.37.